The van der Waals surface area contributed by atoms with Crippen molar-refractivity contribution < 1.29 is 32.6 Å². The van der Waals surface area contributed by atoms with Gasteiger partial charge in [0.05, 0.1) is 18.6 Å². The zero-order valence-corrected chi connectivity index (χ0v) is 21.3. The molecule has 3 aromatic carbocycles. The van der Waals surface area contributed by atoms with Crippen LogP contribution >= 0.6 is 0 Å². The summed E-state index contributed by atoms with van der Waals surface area (Å²) in [6.07, 6.45) is -3.81. The van der Waals surface area contributed by atoms with Crippen LogP contribution in [0.4, 0.5) is 17.6 Å². The van der Waals surface area contributed by atoms with Crippen LogP contribution in [-0.2, 0) is 37.0 Å². The number of aliphatic hydroxyl groups excluding tert-OH is 1. The average Bonchev–Trinajstić information content (AvgIpc) is 2.87. The van der Waals surface area contributed by atoms with E-state index in [1.807, 2.05) is 30.3 Å². The second kappa shape index (κ2) is 12.9. The van der Waals surface area contributed by atoms with Gasteiger partial charge in [-0.3, -0.25) is 4.79 Å². The molecule has 0 aliphatic rings. The second-order valence-corrected chi connectivity index (χ2v) is 9.53. The van der Waals surface area contributed by atoms with Gasteiger partial charge in [0.15, 0.2) is 0 Å². The minimum atomic E-state index is -4.59. The molecular weight excluding hydrogens is 500 g/mol. The highest BCUT2D eigenvalue weighted by molar-refractivity contribution is 5.78. The number of carbonyl (C=O) groups is 1. The third kappa shape index (κ3) is 8.29. The molecule has 9 heteroatoms. The van der Waals surface area contributed by atoms with Crippen molar-refractivity contribution in [3.63, 3.8) is 0 Å². The summed E-state index contributed by atoms with van der Waals surface area (Å²) in [6.45, 7) is 4.29. The number of aromatic hydroxyl groups is 1. The fourth-order valence-corrected chi connectivity index (χ4v) is 4.08. The Kier molecular flexibility index (Phi) is 9.88. The highest BCUT2D eigenvalue weighted by Gasteiger charge is 2.31. The van der Waals surface area contributed by atoms with Gasteiger partial charge in [-0.15, -0.1) is 0 Å². The molecule has 204 valence electrons. The standard InChI is InChI=1S/C29H32F4N2O3/c1-18(22-7-10-27(37)24(13-22)17-36)15-34-19(2)11-20-3-5-21(6-4-20)12-28(38)35-16-23-14-25(29(31,32)33)8-9-26(23)30/h3-10,13-14,18-19,34,36-37H,11-12,15-17H2,1-2H3,(H,35,38)/t18-,19?/m0/s1. The van der Waals surface area contributed by atoms with Gasteiger partial charge in [-0.1, -0.05) is 37.3 Å². The van der Waals surface area contributed by atoms with E-state index in [2.05, 4.69) is 24.5 Å². The molecule has 0 saturated heterocycles. The molecule has 0 heterocycles. The van der Waals surface area contributed by atoms with Crippen molar-refractivity contribution in [1.82, 2.24) is 10.6 Å². The quantitative estimate of drug-likeness (QED) is 0.255. The third-order valence-corrected chi connectivity index (χ3v) is 6.39. The molecule has 0 aliphatic heterocycles. The number of alkyl halides is 3. The number of halogens is 4. The van der Waals surface area contributed by atoms with Gasteiger partial charge in [0.2, 0.25) is 5.91 Å². The second-order valence-electron chi connectivity index (χ2n) is 9.53. The zero-order chi connectivity index (χ0) is 27.9. The van der Waals surface area contributed by atoms with Crippen molar-refractivity contribution in [3.05, 3.63) is 99.9 Å². The van der Waals surface area contributed by atoms with Gasteiger partial charge in [-0.25, -0.2) is 4.39 Å². The SMILES string of the molecule is CC(Cc1ccc(CC(=O)NCc2cc(C(F)(F)F)ccc2F)cc1)NC[C@H](C)c1ccc(O)c(CO)c1. The van der Waals surface area contributed by atoms with Crippen molar-refractivity contribution in [2.24, 2.45) is 0 Å². The molecular formula is C29H32F4N2O3. The molecule has 38 heavy (non-hydrogen) atoms. The molecule has 0 aromatic heterocycles. The highest BCUT2D eigenvalue weighted by Crippen LogP contribution is 2.30. The van der Waals surface area contributed by atoms with Crippen LogP contribution in [0, 0.1) is 5.82 Å². The number of rotatable bonds is 11. The molecule has 3 aromatic rings. The van der Waals surface area contributed by atoms with Gasteiger partial charge < -0.3 is 20.8 Å². The topological polar surface area (TPSA) is 81.6 Å². The monoisotopic (exact) mass is 532 g/mol. The van der Waals surface area contributed by atoms with Crippen molar-refractivity contribution in [2.75, 3.05) is 6.54 Å². The first-order chi connectivity index (χ1) is 18.0. The summed E-state index contributed by atoms with van der Waals surface area (Å²) in [6, 6.07) is 15.0. The first-order valence-electron chi connectivity index (χ1n) is 12.3. The predicted molar refractivity (Wildman–Crippen MR) is 137 cm³/mol. The van der Waals surface area contributed by atoms with E-state index in [1.54, 1.807) is 12.1 Å². The van der Waals surface area contributed by atoms with Crippen LogP contribution in [0.5, 0.6) is 5.75 Å². The lowest BCUT2D eigenvalue weighted by Gasteiger charge is -2.19. The molecule has 0 radical (unpaired) electrons. The molecule has 1 unspecified atom stereocenters. The Morgan fingerprint density at radius 1 is 0.947 bits per heavy atom. The minimum Gasteiger partial charge on any atom is -0.508 e. The van der Waals surface area contributed by atoms with Crippen LogP contribution in [0.15, 0.2) is 60.7 Å². The number of benzene rings is 3. The van der Waals surface area contributed by atoms with E-state index in [9.17, 15) is 32.6 Å². The first-order valence-corrected chi connectivity index (χ1v) is 12.3. The fraction of sp³-hybridized carbons (Fsp3) is 0.345. The summed E-state index contributed by atoms with van der Waals surface area (Å²) >= 11 is 0. The molecule has 0 saturated carbocycles. The molecule has 5 nitrogen and oxygen atoms in total. The number of nitrogens with one attached hydrogen (secondary N) is 2. The lowest BCUT2D eigenvalue weighted by Crippen LogP contribution is -2.31. The highest BCUT2D eigenvalue weighted by atomic mass is 19.4. The summed E-state index contributed by atoms with van der Waals surface area (Å²) in [5, 5.41) is 25.1. The predicted octanol–water partition coefficient (Wildman–Crippen LogP) is 5.23. The van der Waals surface area contributed by atoms with Crippen LogP contribution in [0.3, 0.4) is 0 Å². The van der Waals surface area contributed by atoms with E-state index >= 15 is 0 Å². The maximum atomic E-state index is 13.9. The van der Waals surface area contributed by atoms with Crippen molar-refractivity contribution in [1.29, 1.82) is 0 Å². The maximum Gasteiger partial charge on any atom is 0.416 e. The Balaban J connectivity index is 1.46. The summed E-state index contributed by atoms with van der Waals surface area (Å²) in [4.78, 5) is 12.3. The van der Waals surface area contributed by atoms with Gasteiger partial charge in [0.1, 0.15) is 11.6 Å². The van der Waals surface area contributed by atoms with Gasteiger partial charge in [0, 0.05) is 30.3 Å². The largest absolute Gasteiger partial charge is 0.508 e. The normalized spacial score (nSPS) is 13.2. The van der Waals surface area contributed by atoms with Crippen LogP contribution < -0.4 is 10.6 Å². The summed E-state index contributed by atoms with van der Waals surface area (Å²) in [5.41, 5.74) is 2.13. The van der Waals surface area contributed by atoms with Crippen LogP contribution in [0.25, 0.3) is 0 Å². The first kappa shape index (κ1) is 29.1. The van der Waals surface area contributed by atoms with Gasteiger partial charge >= 0.3 is 6.18 Å². The van der Waals surface area contributed by atoms with Gasteiger partial charge in [-0.2, -0.15) is 13.2 Å². The van der Waals surface area contributed by atoms with E-state index in [0.717, 1.165) is 29.2 Å². The summed E-state index contributed by atoms with van der Waals surface area (Å²) in [7, 11) is 0. The molecule has 0 fully saturated rings. The van der Waals surface area contributed by atoms with E-state index in [1.165, 1.54) is 0 Å². The average molecular weight is 533 g/mol. The maximum absolute atomic E-state index is 13.9. The van der Waals surface area contributed by atoms with E-state index in [-0.39, 0.29) is 42.8 Å². The molecule has 2 atom stereocenters. The fourth-order valence-electron chi connectivity index (χ4n) is 4.08. The Bertz CT molecular complexity index is 1230. The molecule has 0 aliphatic carbocycles. The number of amides is 1. The van der Waals surface area contributed by atoms with Crippen LogP contribution in [0.1, 0.15) is 53.1 Å². The van der Waals surface area contributed by atoms with Gasteiger partial charge in [-0.05, 0) is 66.3 Å². The van der Waals surface area contributed by atoms with Crippen molar-refractivity contribution in [2.45, 2.75) is 58.0 Å². The lowest BCUT2D eigenvalue weighted by atomic mass is 9.97. The molecule has 4 N–H and O–H groups in total. The Morgan fingerprint density at radius 2 is 1.63 bits per heavy atom. The van der Waals surface area contributed by atoms with Crippen LogP contribution in [-0.4, -0.2) is 28.7 Å². The minimum absolute atomic E-state index is 0.0225. The summed E-state index contributed by atoms with van der Waals surface area (Å²) < 4.78 is 52.4. The number of phenols is 1. The molecule has 0 bridgehead atoms. The van der Waals surface area contributed by atoms with Crippen molar-refractivity contribution >= 4 is 5.91 Å². The molecule has 1 amide bonds. The molecule has 0 spiro atoms. The zero-order valence-electron chi connectivity index (χ0n) is 21.3. The lowest BCUT2D eigenvalue weighted by molar-refractivity contribution is -0.137. The number of hydrogen-bond acceptors (Lipinski definition) is 4. The van der Waals surface area contributed by atoms with Crippen molar-refractivity contribution in [3.8, 4) is 5.75 Å². The Labute approximate surface area is 219 Å². The van der Waals surface area contributed by atoms with Crippen LogP contribution in [0.2, 0.25) is 0 Å². The Morgan fingerprint density at radius 3 is 2.29 bits per heavy atom. The van der Waals surface area contributed by atoms with E-state index in [0.29, 0.717) is 24.2 Å². The number of aliphatic hydroxyl groups is 1. The van der Waals surface area contributed by atoms with Gasteiger partial charge in [0.25, 0.3) is 0 Å². The Hall–Kier alpha value is -3.43. The number of hydrogen-bond donors (Lipinski definition) is 4. The number of carbonyl (C=O) groups excluding carboxylic acids is 1. The smallest absolute Gasteiger partial charge is 0.416 e. The van der Waals surface area contributed by atoms with E-state index < -0.39 is 23.5 Å². The molecule has 3 rings (SSSR count). The summed E-state index contributed by atoms with van der Waals surface area (Å²) in [5.74, 6) is -0.973. The van der Waals surface area contributed by atoms with E-state index in [4.69, 9.17) is 0 Å². The third-order valence-electron chi connectivity index (χ3n) is 6.39.